The molecule has 5 aromatic rings. The molecule has 0 radical (unpaired) electrons. The molecule has 3 aromatic carbocycles. The minimum absolute atomic E-state index is 0.0553. The molecule has 2 heterocycles. The Morgan fingerprint density at radius 1 is 0.684 bits per heavy atom. The van der Waals surface area contributed by atoms with Gasteiger partial charge in [0, 0.05) is 33.9 Å². The Hall–Kier alpha value is -3.39. The van der Waals surface area contributed by atoms with E-state index < -0.39 is 0 Å². The molecule has 2 nitrogen and oxygen atoms in total. The standard InChI is InChI=1S/C36H40NO/c1-23-16-17-24-25-18-19-28-31(33(25)38-32(24)30(23)29-15-11-12-20-37(29)8)26-13-9-10-14-27(26)36(28,21-34(2,3)4)22-35(5,6)7/h9-20H,21-22H2,1-8H3/q+1. The summed E-state index contributed by atoms with van der Waals surface area (Å²) in [7, 11) is 2.11. The third-order valence-corrected chi connectivity index (χ3v) is 8.22. The number of pyridine rings is 1. The van der Waals surface area contributed by atoms with Crippen LogP contribution in [0.5, 0.6) is 0 Å². The lowest BCUT2D eigenvalue weighted by molar-refractivity contribution is -0.660. The molecule has 0 N–H and O–H groups in total. The highest BCUT2D eigenvalue weighted by Crippen LogP contribution is 2.60. The third kappa shape index (κ3) is 3.80. The fourth-order valence-electron chi connectivity index (χ4n) is 7.29. The van der Waals surface area contributed by atoms with Crippen LogP contribution >= 0.6 is 0 Å². The Kier molecular flexibility index (Phi) is 5.44. The van der Waals surface area contributed by atoms with Gasteiger partial charge in [0.25, 0.3) is 0 Å². The normalized spacial score (nSPS) is 14.7. The lowest BCUT2D eigenvalue weighted by atomic mass is 9.62. The molecule has 0 saturated heterocycles. The molecule has 0 atom stereocenters. The molecule has 2 aromatic heterocycles. The second kappa shape index (κ2) is 8.30. The molecular weight excluding hydrogens is 462 g/mol. The largest absolute Gasteiger partial charge is 0.454 e. The topological polar surface area (TPSA) is 17.0 Å². The highest BCUT2D eigenvalue weighted by Gasteiger charge is 2.48. The van der Waals surface area contributed by atoms with Crippen molar-refractivity contribution in [1.82, 2.24) is 0 Å². The van der Waals surface area contributed by atoms with E-state index in [0.29, 0.717) is 0 Å². The van der Waals surface area contributed by atoms with Gasteiger partial charge in [0.1, 0.15) is 18.2 Å². The summed E-state index contributed by atoms with van der Waals surface area (Å²) in [5.41, 5.74) is 11.4. The van der Waals surface area contributed by atoms with Crippen LogP contribution in [0.25, 0.3) is 44.3 Å². The molecule has 0 saturated carbocycles. The molecule has 0 aliphatic heterocycles. The van der Waals surface area contributed by atoms with Crippen LogP contribution in [-0.4, -0.2) is 0 Å². The summed E-state index contributed by atoms with van der Waals surface area (Å²) in [5.74, 6) is 0. The molecular formula is C36H40NO+. The maximum Gasteiger partial charge on any atom is 0.216 e. The molecule has 1 aliphatic rings. The van der Waals surface area contributed by atoms with Gasteiger partial charge in [0.2, 0.25) is 5.69 Å². The van der Waals surface area contributed by atoms with Gasteiger partial charge in [0.05, 0.1) is 5.56 Å². The summed E-state index contributed by atoms with van der Waals surface area (Å²) in [5, 5.41) is 2.39. The summed E-state index contributed by atoms with van der Waals surface area (Å²) in [6.07, 6.45) is 4.30. The molecule has 0 fully saturated rings. The van der Waals surface area contributed by atoms with Crippen molar-refractivity contribution in [2.45, 2.75) is 66.7 Å². The molecule has 0 bridgehead atoms. The third-order valence-electron chi connectivity index (χ3n) is 8.22. The Bertz CT molecular complexity index is 1690. The summed E-state index contributed by atoms with van der Waals surface area (Å²) in [6.45, 7) is 16.5. The van der Waals surface area contributed by atoms with Crippen molar-refractivity contribution in [3.8, 4) is 22.4 Å². The van der Waals surface area contributed by atoms with Crippen molar-refractivity contribution >= 4 is 21.9 Å². The lowest BCUT2D eigenvalue weighted by Crippen LogP contribution is -2.35. The van der Waals surface area contributed by atoms with Crippen LogP contribution in [0.2, 0.25) is 0 Å². The zero-order valence-corrected chi connectivity index (χ0v) is 24.2. The van der Waals surface area contributed by atoms with E-state index >= 15 is 0 Å². The molecule has 38 heavy (non-hydrogen) atoms. The Morgan fingerprint density at radius 2 is 1.29 bits per heavy atom. The summed E-state index contributed by atoms with van der Waals surface area (Å²) >= 11 is 0. The van der Waals surface area contributed by atoms with Gasteiger partial charge in [0.15, 0.2) is 6.20 Å². The number of rotatable bonds is 3. The van der Waals surface area contributed by atoms with E-state index in [-0.39, 0.29) is 16.2 Å². The van der Waals surface area contributed by atoms with Gasteiger partial charge in [-0.1, -0.05) is 90.1 Å². The van der Waals surface area contributed by atoms with Crippen molar-refractivity contribution in [2.24, 2.45) is 17.9 Å². The van der Waals surface area contributed by atoms with Crippen molar-refractivity contribution < 1.29 is 8.98 Å². The van der Waals surface area contributed by atoms with Crippen LogP contribution in [0.4, 0.5) is 0 Å². The number of hydrogen-bond acceptors (Lipinski definition) is 1. The fraction of sp³-hybridized carbons (Fsp3) is 0.361. The number of benzene rings is 3. The van der Waals surface area contributed by atoms with Crippen LogP contribution in [0.3, 0.4) is 0 Å². The second-order valence-electron chi connectivity index (χ2n) is 13.9. The maximum absolute atomic E-state index is 7.01. The number of furan rings is 1. The van der Waals surface area contributed by atoms with E-state index in [1.165, 1.54) is 49.8 Å². The monoisotopic (exact) mass is 502 g/mol. The van der Waals surface area contributed by atoms with E-state index in [1.54, 1.807) is 0 Å². The Morgan fingerprint density at radius 3 is 1.95 bits per heavy atom. The van der Waals surface area contributed by atoms with Crippen LogP contribution in [0.1, 0.15) is 71.1 Å². The molecule has 194 valence electrons. The highest BCUT2D eigenvalue weighted by molar-refractivity contribution is 6.14. The number of aromatic nitrogens is 1. The second-order valence-corrected chi connectivity index (χ2v) is 13.9. The van der Waals surface area contributed by atoms with Gasteiger partial charge in [-0.25, -0.2) is 4.57 Å². The van der Waals surface area contributed by atoms with Gasteiger partial charge < -0.3 is 4.42 Å². The predicted molar refractivity (Wildman–Crippen MR) is 159 cm³/mol. The number of nitrogens with zero attached hydrogens (tertiary/aromatic N) is 1. The quantitative estimate of drug-likeness (QED) is 0.224. The minimum Gasteiger partial charge on any atom is -0.454 e. The van der Waals surface area contributed by atoms with Crippen LogP contribution in [-0.2, 0) is 12.5 Å². The van der Waals surface area contributed by atoms with Crippen molar-refractivity contribution in [2.75, 3.05) is 0 Å². The molecule has 0 amide bonds. The van der Waals surface area contributed by atoms with Gasteiger partial charge in [-0.05, 0) is 58.9 Å². The SMILES string of the molecule is Cc1ccc2c(oc3c4c(ccc32)C(CC(C)(C)C)(CC(C)(C)C)c2ccccc2-4)c1-c1cccc[n+]1C. The van der Waals surface area contributed by atoms with Crippen molar-refractivity contribution in [3.05, 3.63) is 89.6 Å². The average molecular weight is 503 g/mol. The predicted octanol–water partition coefficient (Wildman–Crippen LogP) is 9.52. The van der Waals surface area contributed by atoms with Crippen LogP contribution < -0.4 is 4.57 Å². The van der Waals surface area contributed by atoms with Gasteiger partial charge >= 0.3 is 0 Å². The van der Waals surface area contributed by atoms with E-state index in [2.05, 4.69) is 133 Å². The van der Waals surface area contributed by atoms with E-state index in [9.17, 15) is 0 Å². The maximum atomic E-state index is 7.01. The van der Waals surface area contributed by atoms with Crippen LogP contribution in [0.15, 0.2) is 77.3 Å². The highest BCUT2D eigenvalue weighted by atomic mass is 16.3. The molecule has 2 heteroatoms. The first-order valence-electron chi connectivity index (χ1n) is 13.9. The lowest BCUT2D eigenvalue weighted by Gasteiger charge is -2.42. The van der Waals surface area contributed by atoms with Gasteiger partial charge in [-0.2, -0.15) is 0 Å². The Balaban J connectivity index is 1.72. The number of hydrogen-bond donors (Lipinski definition) is 0. The van der Waals surface area contributed by atoms with E-state index in [4.69, 9.17) is 4.42 Å². The minimum atomic E-state index is -0.0553. The van der Waals surface area contributed by atoms with Crippen molar-refractivity contribution in [3.63, 3.8) is 0 Å². The molecule has 0 spiro atoms. The van der Waals surface area contributed by atoms with Gasteiger partial charge in [-0.15, -0.1) is 0 Å². The molecule has 1 aliphatic carbocycles. The molecule has 0 unspecified atom stereocenters. The Labute approximate surface area is 227 Å². The summed E-state index contributed by atoms with van der Waals surface area (Å²) in [4.78, 5) is 0. The smallest absolute Gasteiger partial charge is 0.216 e. The first kappa shape index (κ1) is 24.9. The first-order valence-corrected chi connectivity index (χ1v) is 13.9. The zero-order valence-electron chi connectivity index (χ0n) is 24.2. The van der Waals surface area contributed by atoms with E-state index in [0.717, 1.165) is 24.0 Å². The first-order chi connectivity index (χ1) is 17.9. The summed E-state index contributed by atoms with van der Waals surface area (Å²) in [6, 6.07) is 24.7. The number of fused-ring (bicyclic) bond motifs is 7. The number of aryl methyl sites for hydroxylation is 2. The fourth-order valence-corrected chi connectivity index (χ4v) is 7.29. The molecule has 6 rings (SSSR count). The zero-order chi connectivity index (χ0) is 27.0. The van der Waals surface area contributed by atoms with Crippen LogP contribution in [0, 0.1) is 17.8 Å². The van der Waals surface area contributed by atoms with Crippen molar-refractivity contribution in [1.29, 1.82) is 0 Å². The average Bonchev–Trinajstić information content (AvgIpc) is 3.32. The van der Waals surface area contributed by atoms with Gasteiger partial charge in [-0.3, -0.25) is 0 Å². The van der Waals surface area contributed by atoms with E-state index in [1.807, 2.05) is 0 Å². The summed E-state index contributed by atoms with van der Waals surface area (Å²) < 4.78 is 9.20.